The van der Waals surface area contributed by atoms with Crippen molar-refractivity contribution in [3.05, 3.63) is 12.7 Å². The zero-order valence-corrected chi connectivity index (χ0v) is 4.01. The molecule has 0 saturated heterocycles. The van der Waals surface area contributed by atoms with Crippen molar-refractivity contribution in [1.82, 2.24) is 0 Å². The van der Waals surface area contributed by atoms with Crippen molar-refractivity contribution in [3.63, 3.8) is 0 Å². The van der Waals surface area contributed by atoms with Crippen LogP contribution in [0.15, 0.2) is 12.7 Å². The first-order valence-corrected chi connectivity index (χ1v) is 1.88. The molecule has 0 aromatic heterocycles. The number of aliphatic hydroxyl groups is 2. The minimum absolute atomic E-state index is 0.178. The van der Waals surface area contributed by atoms with Crippen LogP contribution < -0.4 is 0 Å². The van der Waals surface area contributed by atoms with E-state index in [1.807, 2.05) is 0 Å². The second-order valence-corrected chi connectivity index (χ2v) is 1.25. The molecular weight excluding hydrogens is 118 g/mol. The fourth-order valence-corrected chi connectivity index (χ4v) is 0.105. The second-order valence-electron chi connectivity index (χ2n) is 1.25. The molecule has 0 aromatic carbocycles. The van der Waals surface area contributed by atoms with Crippen molar-refractivity contribution in [1.29, 1.82) is 0 Å². The summed E-state index contributed by atoms with van der Waals surface area (Å²) in [6.45, 7) is 2.68. The monoisotopic (exact) mass is 124 g/mol. The molecule has 0 bridgehead atoms. The van der Waals surface area contributed by atoms with Crippen LogP contribution in [-0.2, 0) is 0 Å². The molecule has 0 amide bonds. The van der Waals surface area contributed by atoms with Gasteiger partial charge in [-0.15, -0.1) is 0 Å². The van der Waals surface area contributed by atoms with Crippen molar-refractivity contribution in [2.75, 3.05) is 0 Å². The summed E-state index contributed by atoms with van der Waals surface area (Å²) in [5.41, 5.74) is 0. The molecule has 0 aliphatic rings. The van der Waals surface area contributed by atoms with Crippen LogP contribution in [-0.4, -0.2) is 22.4 Å². The molecule has 0 aliphatic heterocycles. The molecule has 8 heavy (non-hydrogen) atoms. The lowest BCUT2D eigenvalue weighted by Crippen LogP contribution is -2.30. The highest BCUT2D eigenvalue weighted by Gasteiger charge is 2.32. The lowest BCUT2D eigenvalue weighted by molar-refractivity contribution is -0.181. The van der Waals surface area contributed by atoms with Crippen LogP contribution in [0, 0.1) is 0 Å². The highest BCUT2D eigenvalue weighted by atomic mass is 19.3. The van der Waals surface area contributed by atoms with Gasteiger partial charge in [-0.3, -0.25) is 0 Å². The van der Waals surface area contributed by atoms with Gasteiger partial charge in [-0.05, 0) is 6.08 Å². The standard InChI is InChI=1S/C4H6F2O2/c1-2-4(5,6)3(7)8/h2-3,7-8H,1H2. The predicted molar refractivity (Wildman–Crippen MR) is 23.4 cm³/mol. The van der Waals surface area contributed by atoms with Gasteiger partial charge in [0.1, 0.15) is 0 Å². The van der Waals surface area contributed by atoms with E-state index in [-0.39, 0.29) is 6.08 Å². The lowest BCUT2D eigenvalue weighted by atomic mass is 10.3. The van der Waals surface area contributed by atoms with Crippen molar-refractivity contribution >= 4 is 0 Å². The first-order valence-electron chi connectivity index (χ1n) is 1.88. The van der Waals surface area contributed by atoms with E-state index in [9.17, 15) is 8.78 Å². The average Bonchev–Trinajstić information content (AvgIpc) is 1.67. The largest absolute Gasteiger partial charge is 0.363 e. The molecule has 0 aromatic rings. The number of halogens is 2. The molecule has 0 rings (SSSR count). The van der Waals surface area contributed by atoms with Gasteiger partial charge in [-0.1, -0.05) is 6.58 Å². The van der Waals surface area contributed by atoms with Crippen LogP contribution in [0.2, 0.25) is 0 Å². The molecular formula is C4H6F2O2. The minimum Gasteiger partial charge on any atom is -0.363 e. The van der Waals surface area contributed by atoms with Crippen LogP contribution in [0.5, 0.6) is 0 Å². The maximum absolute atomic E-state index is 11.7. The molecule has 48 valence electrons. The van der Waals surface area contributed by atoms with E-state index in [4.69, 9.17) is 10.2 Å². The quantitative estimate of drug-likeness (QED) is 0.405. The Labute approximate surface area is 45.1 Å². The maximum Gasteiger partial charge on any atom is 0.315 e. The van der Waals surface area contributed by atoms with Crippen molar-refractivity contribution in [3.8, 4) is 0 Å². The molecule has 0 heterocycles. The Morgan fingerprint density at radius 1 is 1.50 bits per heavy atom. The molecule has 0 fully saturated rings. The van der Waals surface area contributed by atoms with Gasteiger partial charge in [-0.25, -0.2) is 0 Å². The Morgan fingerprint density at radius 2 is 1.88 bits per heavy atom. The minimum atomic E-state index is -3.58. The second kappa shape index (κ2) is 2.19. The van der Waals surface area contributed by atoms with E-state index in [0.717, 1.165) is 0 Å². The summed E-state index contributed by atoms with van der Waals surface area (Å²) in [5, 5.41) is 15.6. The molecule has 0 spiro atoms. The van der Waals surface area contributed by atoms with Crippen LogP contribution in [0.1, 0.15) is 0 Å². The number of rotatable bonds is 2. The van der Waals surface area contributed by atoms with E-state index < -0.39 is 12.2 Å². The van der Waals surface area contributed by atoms with Crippen LogP contribution in [0.4, 0.5) is 8.78 Å². The smallest absolute Gasteiger partial charge is 0.315 e. The fraction of sp³-hybridized carbons (Fsp3) is 0.500. The Balaban J connectivity index is 3.90. The average molecular weight is 124 g/mol. The van der Waals surface area contributed by atoms with Gasteiger partial charge in [-0.2, -0.15) is 8.78 Å². The van der Waals surface area contributed by atoms with Crippen molar-refractivity contribution in [2.24, 2.45) is 0 Å². The fourth-order valence-electron chi connectivity index (χ4n) is 0.105. The number of hydrogen-bond acceptors (Lipinski definition) is 2. The number of hydrogen-bond donors (Lipinski definition) is 2. The zero-order valence-electron chi connectivity index (χ0n) is 4.01. The van der Waals surface area contributed by atoms with Crippen molar-refractivity contribution < 1.29 is 19.0 Å². The van der Waals surface area contributed by atoms with Gasteiger partial charge < -0.3 is 10.2 Å². The van der Waals surface area contributed by atoms with Gasteiger partial charge in [0.05, 0.1) is 0 Å². The topological polar surface area (TPSA) is 40.5 Å². The summed E-state index contributed by atoms with van der Waals surface area (Å²) in [5.74, 6) is -3.58. The summed E-state index contributed by atoms with van der Waals surface area (Å²) < 4.78 is 23.3. The zero-order chi connectivity index (χ0) is 6.78. The van der Waals surface area contributed by atoms with Crippen LogP contribution in [0.3, 0.4) is 0 Å². The molecule has 2 N–H and O–H groups in total. The summed E-state index contributed by atoms with van der Waals surface area (Å²) in [4.78, 5) is 0. The molecule has 0 atom stereocenters. The molecule has 0 aliphatic carbocycles. The van der Waals surface area contributed by atoms with E-state index in [1.165, 1.54) is 0 Å². The third kappa shape index (κ3) is 1.55. The summed E-state index contributed by atoms with van der Waals surface area (Å²) in [7, 11) is 0. The SMILES string of the molecule is C=CC(F)(F)C(O)O. The molecule has 2 nitrogen and oxygen atoms in total. The third-order valence-electron chi connectivity index (χ3n) is 0.616. The molecule has 0 radical (unpaired) electrons. The van der Waals surface area contributed by atoms with Gasteiger partial charge in [0, 0.05) is 0 Å². The molecule has 0 saturated carbocycles. The van der Waals surface area contributed by atoms with Gasteiger partial charge in [0.2, 0.25) is 6.29 Å². The Morgan fingerprint density at radius 3 is 1.88 bits per heavy atom. The maximum atomic E-state index is 11.7. The summed E-state index contributed by atoms with van der Waals surface area (Å²) in [6.07, 6.45) is -2.46. The van der Waals surface area contributed by atoms with Gasteiger partial charge >= 0.3 is 5.92 Å². The first-order chi connectivity index (χ1) is 3.50. The number of alkyl halides is 2. The number of aliphatic hydroxyl groups excluding tert-OH is 1. The summed E-state index contributed by atoms with van der Waals surface area (Å²) >= 11 is 0. The van der Waals surface area contributed by atoms with E-state index >= 15 is 0 Å². The highest BCUT2D eigenvalue weighted by molar-refractivity contribution is 4.88. The summed E-state index contributed by atoms with van der Waals surface area (Å²) in [6, 6.07) is 0. The van der Waals surface area contributed by atoms with Crippen molar-refractivity contribution in [2.45, 2.75) is 12.2 Å². The van der Waals surface area contributed by atoms with E-state index in [2.05, 4.69) is 6.58 Å². The van der Waals surface area contributed by atoms with Gasteiger partial charge in [0.15, 0.2) is 0 Å². The van der Waals surface area contributed by atoms with Crippen LogP contribution in [0.25, 0.3) is 0 Å². The third-order valence-corrected chi connectivity index (χ3v) is 0.616. The normalized spacial score (nSPS) is 12.1. The molecule has 0 unspecified atom stereocenters. The first kappa shape index (κ1) is 7.52. The van der Waals surface area contributed by atoms with Crippen LogP contribution >= 0.6 is 0 Å². The predicted octanol–water partition coefficient (Wildman–Crippen LogP) is 0.118. The molecule has 4 heteroatoms. The van der Waals surface area contributed by atoms with E-state index in [1.54, 1.807) is 0 Å². The highest BCUT2D eigenvalue weighted by Crippen LogP contribution is 2.16. The Bertz CT molecular complexity index is 90.0. The van der Waals surface area contributed by atoms with E-state index in [0.29, 0.717) is 0 Å². The van der Waals surface area contributed by atoms with Gasteiger partial charge in [0.25, 0.3) is 0 Å². The Hall–Kier alpha value is -0.480. The lowest BCUT2D eigenvalue weighted by Gasteiger charge is -2.11. The Kier molecular flexibility index (Phi) is 2.06.